The van der Waals surface area contributed by atoms with Crippen molar-refractivity contribution in [2.24, 2.45) is 0 Å². The predicted octanol–water partition coefficient (Wildman–Crippen LogP) is 3.39. The average Bonchev–Trinajstić information content (AvgIpc) is 2.86. The number of pyridine rings is 1. The van der Waals surface area contributed by atoms with Crippen molar-refractivity contribution >= 4 is 28.8 Å². The van der Waals surface area contributed by atoms with Gasteiger partial charge in [-0.15, -0.1) is 11.3 Å². The molecule has 0 atom stereocenters. The number of nitrogens with zero attached hydrogens (tertiary/aromatic N) is 2. The molecule has 0 saturated carbocycles. The molecule has 0 aliphatic rings. The Kier molecular flexibility index (Phi) is 7.18. The summed E-state index contributed by atoms with van der Waals surface area (Å²) in [6.07, 6.45) is 1.96. The fraction of sp³-hybridized carbons (Fsp3) is 0.357. The van der Waals surface area contributed by atoms with E-state index >= 15 is 0 Å². The molecular weight excluding hydrogens is 294 g/mol. The van der Waals surface area contributed by atoms with Crippen molar-refractivity contribution in [1.29, 1.82) is 0 Å². The summed E-state index contributed by atoms with van der Waals surface area (Å²) >= 11 is 7.23. The maximum absolute atomic E-state index is 11.7. The summed E-state index contributed by atoms with van der Waals surface area (Å²) in [6.45, 7) is 6.37. The van der Waals surface area contributed by atoms with Crippen LogP contribution >= 0.6 is 22.9 Å². The summed E-state index contributed by atoms with van der Waals surface area (Å²) in [6, 6.07) is 3.54. The number of thiazole rings is 1. The Labute approximate surface area is 128 Å². The molecule has 2 aromatic heterocycles. The fourth-order valence-electron chi connectivity index (χ4n) is 1.43. The zero-order valence-corrected chi connectivity index (χ0v) is 13.4. The van der Waals surface area contributed by atoms with Crippen LogP contribution in [-0.2, 0) is 17.8 Å². The molecule has 0 radical (unpaired) electrons. The van der Waals surface area contributed by atoms with Crippen molar-refractivity contribution in [3.8, 4) is 0 Å². The van der Waals surface area contributed by atoms with Crippen LogP contribution in [0.25, 0.3) is 0 Å². The van der Waals surface area contributed by atoms with Gasteiger partial charge in [0, 0.05) is 18.1 Å². The number of aryl methyl sites for hydroxylation is 1. The van der Waals surface area contributed by atoms with E-state index in [1.54, 1.807) is 23.6 Å². The van der Waals surface area contributed by atoms with Crippen LogP contribution in [0.4, 0.5) is 0 Å². The molecule has 0 aliphatic heterocycles. The number of halogens is 1. The minimum Gasteiger partial charge on any atom is -0.352 e. The first kappa shape index (κ1) is 16.6. The lowest BCUT2D eigenvalue weighted by Crippen LogP contribution is -2.24. The third kappa shape index (κ3) is 5.67. The molecule has 0 spiro atoms. The van der Waals surface area contributed by atoms with Gasteiger partial charge in [0.15, 0.2) is 0 Å². The van der Waals surface area contributed by atoms with Crippen LogP contribution in [0.15, 0.2) is 23.7 Å². The summed E-state index contributed by atoms with van der Waals surface area (Å²) in [5.74, 6) is -0.0461. The van der Waals surface area contributed by atoms with Gasteiger partial charge in [0.2, 0.25) is 5.91 Å². The highest BCUT2D eigenvalue weighted by Gasteiger charge is 2.06. The lowest BCUT2D eigenvalue weighted by Gasteiger charge is -2.03. The van der Waals surface area contributed by atoms with Crippen molar-refractivity contribution in [2.45, 2.75) is 33.7 Å². The quantitative estimate of drug-likeness (QED) is 0.881. The summed E-state index contributed by atoms with van der Waals surface area (Å²) in [5.41, 5.74) is 1.73. The molecule has 2 rings (SSSR count). The zero-order valence-electron chi connectivity index (χ0n) is 11.8. The second-order valence-corrected chi connectivity index (χ2v) is 5.25. The summed E-state index contributed by atoms with van der Waals surface area (Å²) < 4.78 is 0. The standard InChI is InChI=1S/C12H12ClN3OS.C2H6/c1-8-16-10(7-18-8)4-12(17)15-6-9-2-3-11(13)14-5-9;1-2/h2-3,5,7H,4,6H2,1H3,(H,15,17);1-2H3. The Hall–Kier alpha value is -1.46. The van der Waals surface area contributed by atoms with Gasteiger partial charge in [-0.3, -0.25) is 4.79 Å². The largest absolute Gasteiger partial charge is 0.352 e. The molecule has 4 nitrogen and oxygen atoms in total. The predicted molar refractivity (Wildman–Crippen MR) is 83.0 cm³/mol. The van der Waals surface area contributed by atoms with Gasteiger partial charge >= 0.3 is 0 Å². The number of hydrogen-bond acceptors (Lipinski definition) is 4. The molecular formula is C14H18ClN3OS. The Balaban J connectivity index is 0.000000956. The first-order valence-corrected chi connectivity index (χ1v) is 7.67. The summed E-state index contributed by atoms with van der Waals surface area (Å²) in [5, 5.41) is 6.14. The summed E-state index contributed by atoms with van der Waals surface area (Å²) in [7, 11) is 0. The molecule has 0 aromatic carbocycles. The molecule has 2 aromatic rings. The van der Waals surface area contributed by atoms with Gasteiger partial charge in [-0.05, 0) is 18.6 Å². The third-order valence-corrected chi connectivity index (χ3v) is 3.33. The highest BCUT2D eigenvalue weighted by atomic mass is 35.5. The minimum absolute atomic E-state index is 0.0461. The molecule has 0 aliphatic carbocycles. The van der Waals surface area contributed by atoms with Crippen molar-refractivity contribution in [3.63, 3.8) is 0 Å². The van der Waals surface area contributed by atoms with Crippen LogP contribution in [-0.4, -0.2) is 15.9 Å². The molecule has 0 unspecified atom stereocenters. The van der Waals surface area contributed by atoms with Gasteiger partial charge in [0.25, 0.3) is 0 Å². The van der Waals surface area contributed by atoms with E-state index in [1.807, 2.05) is 32.2 Å². The van der Waals surface area contributed by atoms with Crippen LogP contribution in [0.3, 0.4) is 0 Å². The smallest absolute Gasteiger partial charge is 0.226 e. The number of rotatable bonds is 4. The second kappa shape index (κ2) is 8.66. The molecule has 0 bridgehead atoms. The maximum Gasteiger partial charge on any atom is 0.226 e. The number of carbonyl (C=O) groups excluding carboxylic acids is 1. The Morgan fingerprint density at radius 1 is 1.40 bits per heavy atom. The number of carbonyl (C=O) groups is 1. The Bertz CT molecular complexity index is 540. The molecule has 1 amide bonds. The number of aromatic nitrogens is 2. The van der Waals surface area contributed by atoms with E-state index in [9.17, 15) is 4.79 Å². The molecule has 0 fully saturated rings. The van der Waals surface area contributed by atoms with E-state index in [-0.39, 0.29) is 5.91 Å². The van der Waals surface area contributed by atoms with E-state index in [2.05, 4.69) is 15.3 Å². The number of nitrogens with one attached hydrogen (secondary N) is 1. The van der Waals surface area contributed by atoms with Gasteiger partial charge in [-0.25, -0.2) is 9.97 Å². The van der Waals surface area contributed by atoms with Gasteiger partial charge < -0.3 is 5.32 Å². The zero-order chi connectivity index (χ0) is 15.0. The first-order chi connectivity index (χ1) is 9.63. The summed E-state index contributed by atoms with van der Waals surface area (Å²) in [4.78, 5) is 19.9. The van der Waals surface area contributed by atoms with Crippen molar-refractivity contribution in [2.75, 3.05) is 0 Å². The molecule has 0 saturated heterocycles. The lowest BCUT2D eigenvalue weighted by molar-refractivity contribution is -0.120. The highest BCUT2D eigenvalue weighted by Crippen LogP contribution is 2.08. The van der Waals surface area contributed by atoms with Crippen molar-refractivity contribution < 1.29 is 4.79 Å². The van der Waals surface area contributed by atoms with Gasteiger partial charge in [-0.1, -0.05) is 31.5 Å². The molecule has 6 heteroatoms. The Morgan fingerprint density at radius 3 is 2.70 bits per heavy atom. The molecule has 108 valence electrons. The monoisotopic (exact) mass is 311 g/mol. The van der Waals surface area contributed by atoms with Gasteiger partial charge in [0.1, 0.15) is 5.15 Å². The van der Waals surface area contributed by atoms with Crippen LogP contribution in [0, 0.1) is 6.92 Å². The lowest BCUT2D eigenvalue weighted by atomic mass is 10.2. The van der Waals surface area contributed by atoms with Gasteiger partial charge in [0.05, 0.1) is 17.1 Å². The second-order valence-electron chi connectivity index (χ2n) is 3.80. The van der Waals surface area contributed by atoms with E-state index in [0.717, 1.165) is 16.3 Å². The molecule has 2 heterocycles. The van der Waals surface area contributed by atoms with Gasteiger partial charge in [-0.2, -0.15) is 0 Å². The van der Waals surface area contributed by atoms with Crippen LogP contribution in [0.2, 0.25) is 5.15 Å². The van der Waals surface area contributed by atoms with E-state index < -0.39 is 0 Å². The maximum atomic E-state index is 11.7. The molecule has 20 heavy (non-hydrogen) atoms. The van der Waals surface area contributed by atoms with E-state index in [0.29, 0.717) is 18.1 Å². The highest BCUT2D eigenvalue weighted by molar-refractivity contribution is 7.09. The first-order valence-electron chi connectivity index (χ1n) is 6.41. The van der Waals surface area contributed by atoms with Crippen LogP contribution in [0.1, 0.15) is 30.1 Å². The van der Waals surface area contributed by atoms with Crippen LogP contribution in [0.5, 0.6) is 0 Å². The minimum atomic E-state index is -0.0461. The topological polar surface area (TPSA) is 54.9 Å². The van der Waals surface area contributed by atoms with Crippen molar-refractivity contribution in [3.05, 3.63) is 45.1 Å². The number of amides is 1. The molecule has 1 N–H and O–H groups in total. The normalized spacial score (nSPS) is 9.60. The van der Waals surface area contributed by atoms with E-state index in [4.69, 9.17) is 11.6 Å². The Morgan fingerprint density at radius 2 is 2.15 bits per heavy atom. The average molecular weight is 312 g/mol. The third-order valence-electron chi connectivity index (χ3n) is 2.29. The SMILES string of the molecule is CC.Cc1nc(CC(=O)NCc2ccc(Cl)nc2)cs1. The van der Waals surface area contributed by atoms with Crippen LogP contribution < -0.4 is 5.32 Å². The fourth-order valence-corrected chi connectivity index (χ4v) is 2.15. The number of hydrogen-bond donors (Lipinski definition) is 1. The van der Waals surface area contributed by atoms with E-state index in [1.165, 1.54) is 0 Å². The van der Waals surface area contributed by atoms with Crippen molar-refractivity contribution in [1.82, 2.24) is 15.3 Å².